The summed E-state index contributed by atoms with van der Waals surface area (Å²) in [6, 6.07) is 8.75. The average molecular weight is 220 g/mol. The second-order valence-corrected chi connectivity index (χ2v) is 4.88. The van der Waals surface area contributed by atoms with Crippen LogP contribution < -0.4 is 0 Å². The Morgan fingerprint density at radius 3 is 2.19 bits per heavy atom. The van der Waals surface area contributed by atoms with Crippen LogP contribution in [0.15, 0.2) is 24.3 Å². The maximum Gasteiger partial charge on any atom is 0.0502 e. The topological polar surface area (TPSA) is 20.2 Å². The molecule has 0 heterocycles. The molecule has 0 saturated carbocycles. The van der Waals surface area contributed by atoms with E-state index >= 15 is 0 Å². The summed E-state index contributed by atoms with van der Waals surface area (Å²) in [5.41, 5.74) is 2.67. The highest BCUT2D eigenvalue weighted by atomic mass is 16.3. The lowest BCUT2D eigenvalue weighted by molar-refractivity contribution is 0.237. The van der Waals surface area contributed by atoms with Crippen molar-refractivity contribution in [3.63, 3.8) is 0 Å². The van der Waals surface area contributed by atoms with Gasteiger partial charge < -0.3 is 5.11 Å². The molecular formula is C15H24O. The van der Waals surface area contributed by atoms with Crippen molar-refractivity contribution in [2.75, 3.05) is 6.61 Å². The van der Waals surface area contributed by atoms with Gasteiger partial charge in [0, 0.05) is 5.92 Å². The molecule has 90 valence electrons. The predicted molar refractivity (Wildman–Crippen MR) is 69.7 cm³/mol. The molecule has 0 spiro atoms. The Bertz CT molecular complexity index is 287. The van der Waals surface area contributed by atoms with E-state index in [9.17, 15) is 5.11 Å². The zero-order chi connectivity index (χ0) is 12.0. The molecule has 0 amide bonds. The van der Waals surface area contributed by atoms with Crippen molar-refractivity contribution in [1.29, 1.82) is 0 Å². The van der Waals surface area contributed by atoms with Crippen LogP contribution in [0, 0.1) is 5.92 Å². The summed E-state index contributed by atoms with van der Waals surface area (Å²) >= 11 is 0. The first-order valence-corrected chi connectivity index (χ1v) is 6.38. The maximum atomic E-state index is 9.36. The molecule has 16 heavy (non-hydrogen) atoms. The van der Waals surface area contributed by atoms with Crippen LogP contribution in [0.1, 0.15) is 50.7 Å². The second-order valence-electron chi connectivity index (χ2n) is 4.88. The number of hydrogen-bond acceptors (Lipinski definition) is 1. The Labute approximate surface area is 99.5 Å². The summed E-state index contributed by atoms with van der Waals surface area (Å²) in [4.78, 5) is 0. The Balaban J connectivity index is 2.69. The standard InChI is InChI=1S/C15H24O/c1-4-5-6-13-7-9-14(10-8-13)15(11-16)12(2)3/h7-10,12,15-16H,4-6,11H2,1-3H3. The van der Waals surface area contributed by atoms with Gasteiger partial charge in [-0.3, -0.25) is 0 Å². The highest BCUT2D eigenvalue weighted by molar-refractivity contribution is 5.26. The van der Waals surface area contributed by atoms with Crippen LogP contribution in [0.5, 0.6) is 0 Å². The first-order chi connectivity index (χ1) is 7.69. The Hall–Kier alpha value is -0.820. The number of unbranched alkanes of at least 4 members (excludes halogenated alkanes) is 1. The van der Waals surface area contributed by atoms with Crippen LogP contribution in [-0.4, -0.2) is 11.7 Å². The van der Waals surface area contributed by atoms with Crippen LogP contribution in [0.3, 0.4) is 0 Å². The van der Waals surface area contributed by atoms with Crippen molar-refractivity contribution in [2.24, 2.45) is 5.92 Å². The van der Waals surface area contributed by atoms with Crippen molar-refractivity contribution in [3.8, 4) is 0 Å². The third kappa shape index (κ3) is 3.64. The summed E-state index contributed by atoms with van der Waals surface area (Å²) in [5, 5.41) is 9.36. The molecule has 1 atom stereocenters. The van der Waals surface area contributed by atoms with E-state index in [1.807, 2.05) is 0 Å². The molecule has 0 bridgehead atoms. The van der Waals surface area contributed by atoms with Gasteiger partial charge in [0.15, 0.2) is 0 Å². The number of rotatable bonds is 6. The van der Waals surface area contributed by atoms with E-state index in [-0.39, 0.29) is 12.5 Å². The summed E-state index contributed by atoms with van der Waals surface area (Å²) in [5.74, 6) is 0.770. The molecule has 0 aliphatic heterocycles. The lowest BCUT2D eigenvalue weighted by Crippen LogP contribution is -2.11. The average Bonchev–Trinajstić information content (AvgIpc) is 2.28. The third-order valence-electron chi connectivity index (χ3n) is 3.23. The minimum Gasteiger partial charge on any atom is -0.396 e. The predicted octanol–water partition coefficient (Wildman–Crippen LogP) is 3.76. The number of benzene rings is 1. The lowest BCUT2D eigenvalue weighted by atomic mass is 9.88. The molecule has 1 unspecified atom stereocenters. The van der Waals surface area contributed by atoms with Crippen LogP contribution in [0.2, 0.25) is 0 Å². The molecule has 1 aromatic carbocycles. The van der Waals surface area contributed by atoms with Gasteiger partial charge in [0.2, 0.25) is 0 Å². The van der Waals surface area contributed by atoms with Gasteiger partial charge in [0.05, 0.1) is 6.61 Å². The molecule has 0 saturated heterocycles. The summed E-state index contributed by atoms with van der Waals surface area (Å²) in [6.45, 7) is 6.78. The second kappa shape index (κ2) is 6.70. The molecule has 1 heteroatoms. The highest BCUT2D eigenvalue weighted by Gasteiger charge is 2.14. The zero-order valence-corrected chi connectivity index (χ0v) is 10.7. The van der Waals surface area contributed by atoms with Crippen LogP contribution in [-0.2, 0) is 6.42 Å². The first kappa shape index (κ1) is 13.2. The fraction of sp³-hybridized carbons (Fsp3) is 0.600. The fourth-order valence-corrected chi connectivity index (χ4v) is 2.01. The molecule has 0 aliphatic carbocycles. The molecule has 0 aliphatic rings. The van der Waals surface area contributed by atoms with Gasteiger partial charge in [-0.15, -0.1) is 0 Å². The van der Waals surface area contributed by atoms with E-state index in [0.717, 1.165) is 0 Å². The molecule has 0 aromatic heterocycles. The smallest absolute Gasteiger partial charge is 0.0502 e. The van der Waals surface area contributed by atoms with Crippen LogP contribution in [0.25, 0.3) is 0 Å². The monoisotopic (exact) mass is 220 g/mol. The van der Waals surface area contributed by atoms with E-state index in [2.05, 4.69) is 45.0 Å². The maximum absolute atomic E-state index is 9.36. The summed E-state index contributed by atoms with van der Waals surface area (Å²) in [6.07, 6.45) is 3.67. The molecule has 0 radical (unpaired) electrons. The minimum atomic E-state index is 0.242. The number of aliphatic hydroxyl groups excluding tert-OH is 1. The number of hydrogen-bond donors (Lipinski definition) is 1. The quantitative estimate of drug-likeness (QED) is 0.774. The normalized spacial score (nSPS) is 13.1. The van der Waals surface area contributed by atoms with Crippen molar-refractivity contribution < 1.29 is 5.11 Å². The third-order valence-corrected chi connectivity index (χ3v) is 3.23. The van der Waals surface area contributed by atoms with Gasteiger partial charge in [0.25, 0.3) is 0 Å². The van der Waals surface area contributed by atoms with E-state index < -0.39 is 0 Å². The fourth-order valence-electron chi connectivity index (χ4n) is 2.01. The van der Waals surface area contributed by atoms with E-state index in [4.69, 9.17) is 0 Å². The Morgan fingerprint density at radius 1 is 1.12 bits per heavy atom. The molecule has 1 rings (SSSR count). The lowest BCUT2D eigenvalue weighted by Gasteiger charge is -2.18. The van der Waals surface area contributed by atoms with E-state index in [0.29, 0.717) is 5.92 Å². The number of aryl methyl sites for hydroxylation is 1. The molecular weight excluding hydrogens is 196 g/mol. The largest absolute Gasteiger partial charge is 0.396 e. The SMILES string of the molecule is CCCCc1ccc(C(CO)C(C)C)cc1. The van der Waals surface area contributed by atoms with Crippen LogP contribution >= 0.6 is 0 Å². The first-order valence-electron chi connectivity index (χ1n) is 6.38. The Kier molecular flexibility index (Phi) is 5.54. The van der Waals surface area contributed by atoms with Gasteiger partial charge in [-0.2, -0.15) is 0 Å². The van der Waals surface area contributed by atoms with E-state index in [1.165, 1.54) is 30.4 Å². The van der Waals surface area contributed by atoms with Crippen LogP contribution in [0.4, 0.5) is 0 Å². The van der Waals surface area contributed by atoms with Gasteiger partial charge in [-0.1, -0.05) is 51.5 Å². The molecule has 1 aromatic rings. The molecule has 1 nitrogen and oxygen atoms in total. The van der Waals surface area contributed by atoms with Crippen molar-refractivity contribution in [3.05, 3.63) is 35.4 Å². The highest BCUT2D eigenvalue weighted by Crippen LogP contribution is 2.24. The van der Waals surface area contributed by atoms with Crippen molar-refractivity contribution in [2.45, 2.75) is 46.0 Å². The summed E-state index contributed by atoms with van der Waals surface area (Å²) < 4.78 is 0. The van der Waals surface area contributed by atoms with Gasteiger partial charge >= 0.3 is 0 Å². The van der Waals surface area contributed by atoms with Gasteiger partial charge in [0.1, 0.15) is 0 Å². The van der Waals surface area contributed by atoms with Crippen molar-refractivity contribution >= 4 is 0 Å². The summed E-state index contributed by atoms with van der Waals surface area (Å²) in [7, 11) is 0. The van der Waals surface area contributed by atoms with E-state index in [1.54, 1.807) is 0 Å². The number of aliphatic hydroxyl groups is 1. The Morgan fingerprint density at radius 2 is 1.75 bits per heavy atom. The zero-order valence-electron chi connectivity index (χ0n) is 10.7. The van der Waals surface area contributed by atoms with Gasteiger partial charge in [-0.25, -0.2) is 0 Å². The van der Waals surface area contributed by atoms with Gasteiger partial charge in [-0.05, 0) is 29.9 Å². The van der Waals surface area contributed by atoms with Crippen molar-refractivity contribution in [1.82, 2.24) is 0 Å². The molecule has 0 fully saturated rings. The molecule has 1 N–H and O–H groups in total. The minimum absolute atomic E-state index is 0.242.